The van der Waals surface area contributed by atoms with Gasteiger partial charge in [0, 0.05) is 5.56 Å². The first kappa shape index (κ1) is 17.2. The van der Waals surface area contributed by atoms with Crippen LogP contribution in [0.4, 0.5) is 0 Å². The van der Waals surface area contributed by atoms with Crippen LogP contribution in [0.1, 0.15) is 11.1 Å². The van der Waals surface area contributed by atoms with Crippen molar-refractivity contribution < 1.29 is 29.1 Å². The van der Waals surface area contributed by atoms with E-state index in [1.54, 1.807) is 49.4 Å². The summed E-state index contributed by atoms with van der Waals surface area (Å²) >= 11 is 0. The standard InChI is InChI=1S/C7H9O4P.C7H8O2/c1-6-4-2-3-5-7(6)11-12(8,9)10;8-5-6-3-1-2-4-7(6)9/h2-5H,1H3,(H2,8,9,10);1-4,8-9H,5H2. The van der Waals surface area contributed by atoms with Gasteiger partial charge in [0.15, 0.2) is 0 Å². The molecule has 0 amide bonds. The molecule has 0 aliphatic heterocycles. The molecule has 4 N–H and O–H groups in total. The lowest BCUT2D eigenvalue weighted by Gasteiger charge is -2.08. The van der Waals surface area contributed by atoms with Gasteiger partial charge < -0.3 is 14.7 Å². The van der Waals surface area contributed by atoms with Crippen LogP contribution in [0.15, 0.2) is 48.5 Å². The average Bonchev–Trinajstić information content (AvgIpc) is 2.41. The fourth-order valence-electron chi connectivity index (χ4n) is 1.43. The summed E-state index contributed by atoms with van der Waals surface area (Å²) < 4.78 is 14.8. The van der Waals surface area contributed by atoms with Gasteiger partial charge >= 0.3 is 7.82 Å². The molecule has 0 fully saturated rings. The highest BCUT2D eigenvalue weighted by molar-refractivity contribution is 7.46. The predicted octanol–water partition coefficient (Wildman–Crippen LogP) is 2.35. The third kappa shape index (κ3) is 6.42. The maximum Gasteiger partial charge on any atom is 0.524 e. The Bertz CT molecular complexity index is 622. The Kier molecular flexibility index (Phi) is 6.39. The number of aromatic hydroxyl groups is 1. The maximum atomic E-state index is 10.4. The van der Waals surface area contributed by atoms with Crippen molar-refractivity contribution in [3.8, 4) is 11.5 Å². The monoisotopic (exact) mass is 312 g/mol. The van der Waals surface area contributed by atoms with Crippen LogP contribution in [0.3, 0.4) is 0 Å². The van der Waals surface area contributed by atoms with E-state index in [1.165, 1.54) is 6.07 Å². The first-order valence-electron chi connectivity index (χ1n) is 6.02. The molecular weight excluding hydrogens is 295 g/mol. The van der Waals surface area contributed by atoms with E-state index in [9.17, 15) is 4.57 Å². The molecule has 0 atom stereocenters. The number of aryl methyl sites for hydroxylation is 1. The van der Waals surface area contributed by atoms with E-state index in [2.05, 4.69) is 4.52 Å². The zero-order valence-electron chi connectivity index (χ0n) is 11.4. The summed E-state index contributed by atoms with van der Waals surface area (Å²) in [7, 11) is -4.41. The van der Waals surface area contributed by atoms with Gasteiger partial charge in [-0.05, 0) is 24.6 Å². The number of aliphatic hydroxyl groups is 1. The molecule has 6 nitrogen and oxygen atoms in total. The van der Waals surface area contributed by atoms with E-state index in [0.717, 1.165) is 0 Å². The molecule has 0 radical (unpaired) electrons. The van der Waals surface area contributed by atoms with Crippen LogP contribution in [0.25, 0.3) is 0 Å². The van der Waals surface area contributed by atoms with Crippen molar-refractivity contribution in [3.05, 3.63) is 59.7 Å². The largest absolute Gasteiger partial charge is 0.524 e. The highest BCUT2D eigenvalue weighted by Gasteiger charge is 2.16. The summed E-state index contributed by atoms with van der Waals surface area (Å²) in [4.78, 5) is 17.0. The lowest BCUT2D eigenvalue weighted by atomic mass is 10.2. The van der Waals surface area contributed by atoms with Gasteiger partial charge in [-0.1, -0.05) is 36.4 Å². The van der Waals surface area contributed by atoms with E-state index in [0.29, 0.717) is 11.1 Å². The normalized spacial score (nSPS) is 10.5. The second-order valence-electron chi connectivity index (χ2n) is 4.13. The number of hydrogen-bond donors (Lipinski definition) is 4. The number of phosphoric ester groups is 1. The summed E-state index contributed by atoms with van der Waals surface area (Å²) in [5, 5.41) is 17.5. The Labute approximate surface area is 122 Å². The zero-order chi connectivity index (χ0) is 15.9. The van der Waals surface area contributed by atoms with Crippen LogP contribution in [-0.2, 0) is 11.2 Å². The van der Waals surface area contributed by atoms with E-state index >= 15 is 0 Å². The van der Waals surface area contributed by atoms with Gasteiger partial charge in [0.2, 0.25) is 0 Å². The van der Waals surface area contributed by atoms with Crippen molar-refractivity contribution in [1.82, 2.24) is 0 Å². The fraction of sp³-hybridized carbons (Fsp3) is 0.143. The Morgan fingerprint density at radius 2 is 1.62 bits per heavy atom. The van der Waals surface area contributed by atoms with Crippen molar-refractivity contribution >= 4 is 7.82 Å². The highest BCUT2D eigenvalue weighted by Crippen LogP contribution is 2.38. The Morgan fingerprint density at radius 1 is 1.05 bits per heavy atom. The third-order valence-electron chi connectivity index (χ3n) is 2.47. The number of aliphatic hydroxyl groups excluding tert-OH is 1. The quantitative estimate of drug-likeness (QED) is 0.648. The summed E-state index contributed by atoms with van der Waals surface area (Å²) in [6.07, 6.45) is 0. The van der Waals surface area contributed by atoms with E-state index in [1.807, 2.05) is 0 Å². The van der Waals surface area contributed by atoms with Crippen LogP contribution in [0.2, 0.25) is 0 Å². The molecule has 2 aromatic rings. The number of rotatable bonds is 3. The lowest BCUT2D eigenvalue weighted by molar-refractivity contribution is 0.275. The molecule has 0 aromatic heterocycles. The molecule has 0 spiro atoms. The maximum absolute atomic E-state index is 10.4. The minimum Gasteiger partial charge on any atom is -0.508 e. The van der Waals surface area contributed by atoms with Crippen LogP contribution in [0.5, 0.6) is 11.5 Å². The van der Waals surface area contributed by atoms with Crippen molar-refractivity contribution in [3.63, 3.8) is 0 Å². The molecule has 21 heavy (non-hydrogen) atoms. The zero-order valence-corrected chi connectivity index (χ0v) is 12.3. The number of phosphoric acid groups is 1. The smallest absolute Gasteiger partial charge is 0.508 e. The summed E-state index contributed by atoms with van der Waals surface area (Å²) in [5.41, 5.74) is 1.26. The molecule has 0 unspecified atom stereocenters. The average molecular weight is 312 g/mol. The van der Waals surface area contributed by atoms with Crippen LogP contribution >= 0.6 is 7.82 Å². The summed E-state index contributed by atoms with van der Waals surface area (Å²) in [6, 6.07) is 13.3. The summed E-state index contributed by atoms with van der Waals surface area (Å²) in [5.74, 6) is 0.367. The Morgan fingerprint density at radius 3 is 2.10 bits per heavy atom. The first-order chi connectivity index (χ1) is 9.83. The minimum atomic E-state index is -4.41. The fourth-order valence-corrected chi connectivity index (χ4v) is 1.89. The molecule has 0 saturated heterocycles. The summed E-state index contributed by atoms with van der Waals surface area (Å²) in [6.45, 7) is 1.61. The molecule has 0 saturated carbocycles. The van der Waals surface area contributed by atoms with Gasteiger partial charge in [-0.15, -0.1) is 0 Å². The van der Waals surface area contributed by atoms with Crippen LogP contribution < -0.4 is 4.52 Å². The van der Waals surface area contributed by atoms with Gasteiger partial charge in [-0.2, -0.15) is 0 Å². The SMILES string of the molecule is Cc1ccccc1OP(=O)(O)O.OCc1ccccc1O. The predicted molar refractivity (Wildman–Crippen MR) is 77.9 cm³/mol. The first-order valence-corrected chi connectivity index (χ1v) is 7.55. The second kappa shape index (κ2) is 7.81. The van der Waals surface area contributed by atoms with Gasteiger partial charge in [0.1, 0.15) is 11.5 Å². The molecule has 0 aliphatic rings. The van der Waals surface area contributed by atoms with Crippen LogP contribution in [-0.4, -0.2) is 20.0 Å². The molecule has 0 heterocycles. The lowest BCUT2D eigenvalue weighted by Crippen LogP contribution is -1.91. The Balaban J connectivity index is 0.000000219. The van der Waals surface area contributed by atoms with Crippen molar-refractivity contribution in [2.75, 3.05) is 0 Å². The van der Waals surface area contributed by atoms with Crippen molar-refractivity contribution in [1.29, 1.82) is 0 Å². The topological polar surface area (TPSA) is 107 Å². The molecule has 7 heteroatoms. The van der Waals surface area contributed by atoms with Crippen molar-refractivity contribution in [2.24, 2.45) is 0 Å². The number of benzene rings is 2. The van der Waals surface area contributed by atoms with Gasteiger partial charge in [0.05, 0.1) is 6.61 Å². The third-order valence-corrected chi connectivity index (χ3v) is 2.91. The molecule has 2 rings (SSSR count). The second-order valence-corrected chi connectivity index (χ2v) is 5.30. The number of hydrogen-bond acceptors (Lipinski definition) is 4. The molecular formula is C14H17O6P. The van der Waals surface area contributed by atoms with Crippen molar-refractivity contribution in [2.45, 2.75) is 13.5 Å². The van der Waals surface area contributed by atoms with Gasteiger partial charge in [0.25, 0.3) is 0 Å². The number of phenols is 1. The number of para-hydroxylation sites is 2. The molecule has 0 aliphatic carbocycles. The van der Waals surface area contributed by atoms with E-state index in [4.69, 9.17) is 20.0 Å². The molecule has 0 bridgehead atoms. The highest BCUT2D eigenvalue weighted by atomic mass is 31.2. The molecule has 114 valence electrons. The van der Waals surface area contributed by atoms with E-state index in [-0.39, 0.29) is 18.1 Å². The minimum absolute atomic E-state index is 0.104. The molecule has 2 aromatic carbocycles. The Hall–Kier alpha value is -1.85. The van der Waals surface area contributed by atoms with Gasteiger partial charge in [-0.3, -0.25) is 9.79 Å². The van der Waals surface area contributed by atoms with Crippen LogP contribution in [0, 0.1) is 6.92 Å². The van der Waals surface area contributed by atoms with Gasteiger partial charge in [-0.25, -0.2) is 4.57 Å². The van der Waals surface area contributed by atoms with E-state index < -0.39 is 7.82 Å².